The zero-order chi connectivity index (χ0) is 17.5. The van der Waals surface area contributed by atoms with Crippen LogP contribution in [0, 0.1) is 0 Å². The fourth-order valence-electron chi connectivity index (χ4n) is 2.06. The summed E-state index contributed by atoms with van der Waals surface area (Å²) in [7, 11) is 1.55. The minimum atomic E-state index is -0.298. The van der Waals surface area contributed by atoms with Gasteiger partial charge in [-0.2, -0.15) is 0 Å². The molecule has 6 heteroatoms. The molecule has 0 fully saturated rings. The summed E-state index contributed by atoms with van der Waals surface area (Å²) in [4.78, 5) is 12.1. The monoisotopic (exact) mass is 343 g/mol. The van der Waals surface area contributed by atoms with Crippen molar-refractivity contribution in [2.45, 2.75) is 19.8 Å². The van der Waals surface area contributed by atoms with Gasteiger partial charge < -0.3 is 10.1 Å². The molecule has 0 aromatic heterocycles. The third-order valence-electron chi connectivity index (χ3n) is 3.46. The lowest BCUT2D eigenvalue weighted by molar-refractivity contribution is 0.0944. The summed E-state index contributed by atoms with van der Waals surface area (Å²) in [5, 5.41) is 3.33. The average Bonchev–Trinajstić information content (AvgIpc) is 2.60. The van der Waals surface area contributed by atoms with Crippen LogP contribution in [0.3, 0.4) is 0 Å². The van der Waals surface area contributed by atoms with Gasteiger partial charge in [0.2, 0.25) is 0 Å². The Morgan fingerprint density at radius 1 is 1.08 bits per heavy atom. The van der Waals surface area contributed by atoms with Gasteiger partial charge in [-0.25, -0.2) is 0 Å². The second-order valence-electron chi connectivity index (χ2n) is 5.54. The molecule has 2 aromatic rings. The van der Waals surface area contributed by atoms with E-state index in [1.54, 1.807) is 31.4 Å². The molecule has 3 N–H and O–H groups in total. The Labute approximate surface area is 147 Å². The Bertz CT molecular complexity index is 714. The van der Waals surface area contributed by atoms with E-state index in [9.17, 15) is 4.79 Å². The van der Waals surface area contributed by atoms with Gasteiger partial charge in [0.25, 0.3) is 5.91 Å². The minimum absolute atomic E-state index is 0.298. The number of hydrogen-bond donors (Lipinski definition) is 3. The number of amides is 1. The van der Waals surface area contributed by atoms with E-state index >= 15 is 0 Å². The molecule has 0 radical (unpaired) electrons. The van der Waals surface area contributed by atoms with Gasteiger partial charge in [-0.15, -0.1) is 0 Å². The summed E-state index contributed by atoms with van der Waals surface area (Å²) in [6.07, 6.45) is 0. The average molecular weight is 343 g/mol. The lowest BCUT2D eigenvalue weighted by atomic mass is 10.0. The van der Waals surface area contributed by atoms with Crippen molar-refractivity contribution in [2.24, 2.45) is 0 Å². The number of carbonyl (C=O) groups excluding carboxylic acids is 1. The zero-order valence-corrected chi connectivity index (χ0v) is 14.7. The number of anilines is 1. The van der Waals surface area contributed by atoms with Crippen LogP contribution in [0.15, 0.2) is 48.5 Å². The smallest absolute Gasteiger partial charge is 0.269 e. The lowest BCUT2D eigenvalue weighted by Crippen LogP contribution is -2.43. The molecule has 5 nitrogen and oxygen atoms in total. The second kappa shape index (κ2) is 8.31. The Morgan fingerprint density at radius 2 is 1.79 bits per heavy atom. The van der Waals surface area contributed by atoms with Crippen molar-refractivity contribution < 1.29 is 9.53 Å². The number of methoxy groups -OCH3 is 1. The van der Waals surface area contributed by atoms with E-state index in [2.05, 4.69) is 30.0 Å². The van der Waals surface area contributed by atoms with E-state index in [0.29, 0.717) is 22.3 Å². The van der Waals surface area contributed by atoms with Gasteiger partial charge in [-0.3, -0.25) is 15.6 Å². The molecule has 0 aliphatic carbocycles. The van der Waals surface area contributed by atoms with Crippen molar-refractivity contribution in [1.29, 1.82) is 0 Å². The van der Waals surface area contributed by atoms with Crippen LogP contribution in [0.1, 0.15) is 35.7 Å². The van der Waals surface area contributed by atoms with Crippen molar-refractivity contribution in [3.05, 3.63) is 59.7 Å². The third kappa shape index (κ3) is 4.96. The normalized spacial score (nSPS) is 10.2. The largest absolute Gasteiger partial charge is 0.497 e. The highest BCUT2D eigenvalue weighted by Crippen LogP contribution is 2.17. The molecule has 0 bridgehead atoms. The number of rotatable bonds is 4. The summed E-state index contributed by atoms with van der Waals surface area (Å²) in [5.41, 5.74) is 7.82. The quantitative estimate of drug-likeness (QED) is 0.586. The van der Waals surface area contributed by atoms with Crippen LogP contribution in [0.25, 0.3) is 0 Å². The Hall–Kier alpha value is -2.60. The van der Waals surface area contributed by atoms with Gasteiger partial charge in [0, 0.05) is 11.3 Å². The van der Waals surface area contributed by atoms with Gasteiger partial charge in [-0.05, 0) is 54.0 Å². The molecule has 0 unspecified atom stereocenters. The fraction of sp³-hybridized carbons (Fsp3) is 0.222. The van der Waals surface area contributed by atoms with Crippen LogP contribution in [0.4, 0.5) is 5.69 Å². The second-order valence-corrected chi connectivity index (χ2v) is 5.95. The third-order valence-corrected chi connectivity index (χ3v) is 3.66. The Kier molecular flexibility index (Phi) is 6.14. The van der Waals surface area contributed by atoms with E-state index in [-0.39, 0.29) is 5.91 Å². The van der Waals surface area contributed by atoms with E-state index in [1.807, 2.05) is 24.3 Å². The van der Waals surface area contributed by atoms with Gasteiger partial charge in [0.1, 0.15) is 5.75 Å². The van der Waals surface area contributed by atoms with Crippen LogP contribution in [0.5, 0.6) is 5.75 Å². The molecule has 24 heavy (non-hydrogen) atoms. The SMILES string of the molecule is COc1cccc(C(=O)NNC(=S)Nc2ccc(C(C)C)cc2)c1. The predicted molar refractivity (Wildman–Crippen MR) is 100 cm³/mol. The molecule has 0 spiro atoms. The number of thiocarbonyl (C=S) groups is 1. The molecule has 0 aliphatic rings. The number of carbonyl (C=O) groups is 1. The van der Waals surface area contributed by atoms with Crippen LogP contribution in [-0.4, -0.2) is 18.1 Å². The first-order valence-electron chi connectivity index (χ1n) is 7.61. The maximum Gasteiger partial charge on any atom is 0.269 e. The van der Waals surface area contributed by atoms with Crippen LogP contribution in [0.2, 0.25) is 0 Å². The highest BCUT2D eigenvalue weighted by molar-refractivity contribution is 7.80. The first-order chi connectivity index (χ1) is 11.5. The highest BCUT2D eigenvalue weighted by atomic mass is 32.1. The molecule has 0 atom stereocenters. The number of hydrazine groups is 1. The summed E-state index contributed by atoms with van der Waals surface area (Å²) in [6, 6.07) is 14.9. The van der Waals surface area contributed by atoms with Crippen molar-refractivity contribution >= 4 is 28.9 Å². The molecular formula is C18H21N3O2S. The van der Waals surface area contributed by atoms with Crippen LogP contribution < -0.4 is 20.9 Å². The topological polar surface area (TPSA) is 62.4 Å². The first kappa shape index (κ1) is 17.7. The molecule has 126 valence electrons. The molecule has 1 amide bonds. The summed E-state index contributed by atoms with van der Waals surface area (Å²) in [6.45, 7) is 4.28. The van der Waals surface area contributed by atoms with Crippen molar-refractivity contribution in [3.63, 3.8) is 0 Å². The summed E-state index contributed by atoms with van der Waals surface area (Å²) >= 11 is 5.18. The van der Waals surface area contributed by atoms with Gasteiger partial charge >= 0.3 is 0 Å². The van der Waals surface area contributed by atoms with Crippen molar-refractivity contribution in [1.82, 2.24) is 10.9 Å². The van der Waals surface area contributed by atoms with Crippen LogP contribution in [-0.2, 0) is 0 Å². The maximum atomic E-state index is 12.1. The van der Waals surface area contributed by atoms with Gasteiger partial charge in [0.05, 0.1) is 7.11 Å². The molecule has 0 saturated carbocycles. The maximum absolute atomic E-state index is 12.1. The summed E-state index contributed by atoms with van der Waals surface area (Å²) < 4.78 is 5.10. The number of hydrogen-bond acceptors (Lipinski definition) is 3. The molecular weight excluding hydrogens is 322 g/mol. The van der Waals surface area contributed by atoms with E-state index < -0.39 is 0 Å². The standard InChI is InChI=1S/C18H21N3O2S/c1-12(2)13-7-9-15(10-8-13)19-18(24)21-20-17(22)14-5-4-6-16(11-14)23-3/h4-12H,1-3H3,(H,20,22)(H2,19,21,24). The van der Waals surface area contributed by atoms with E-state index in [0.717, 1.165) is 5.69 Å². The Balaban J connectivity index is 1.87. The van der Waals surface area contributed by atoms with E-state index in [4.69, 9.17) is 17.0 Å². The van der Waals surface area contributed by atoms with Crippen LogP contribution >= 0.6 is 12.2 Å². The zero-order valence-electron chi connectivity index (χ0n) is 13.9. The molecule has 0 aliphatic heterocycles. The van der Waals surface area contributed by atoms with Crippen molar-refractivity contribution in [3.8, 4) is 5.75 Å². The van der Waals surface area contributed by atoms with Crippen molar-refractivity contribution in [2.75, 3.05) is 12.4 Å². The van der Waals surface area contributed by atoms with Gasteiger partial charge in [-0.1, -0.05) is 32.0 Å². The minimum Gasteiger partial charge on any atom is -0.497 e. The fourth-order valence-corrected chi connectivity index (χ4v) is 2.23. The summed E-state index contributed by atoms with van der Waals surface area (Å²) in [5.74, 6) is 0.799. The van der Waals surface area contributed by atoms with E-state index in [1.165, 1.54) is 5.56 Å². The lowest BCUT2D eigenvalue weighted by Gasteiger charge is -2.13. The number of ether oxygens (including phenoxy) is 1. The number of nitrogens with one attached hydrogen (secondary N) is 3. The number of benzene rings is 2. The first-order valence-corrected chi connectivity index (χ1v) is 8.01. The molecule has 0 saturated heterocycles. The molecule has 0 heterocycles. The highest BCUT2D eigenvalue weighted by Gasteiger charge is 2.07. The Morgan fingerprint density at radius 3 is 2.42 bits per heavy atom. The molecule has 2 rings (SSSR count). The predicted octanol–water partition coefficient (Wildman–Crippen LogP) is 3.45. The molecule has 2 aromatic carbocycles. The van der Waals surface area contributed by atoms with Gasteiger partial charge in [0.15, 0.2) is 5.11 Å².